The number of nitrogens with two attached hydrogens (primary N) is 1. The average molecular weight is 269 g/mol. The Hall–Kier alpha value is -0.210. The van der Waals surface area contributed by atoms with E-state index in [1.165, 1.54) is 0 Å². The third kappa shape index (κ3) is 15.8. The van der Waals surface area contributed by atoms with Gasteiger partial charge in [-0.2, -0.15) is 0 Å². The predicted molar refractivity (Wildman–Crippen MR) is 65.3 cm³/mol. The molecule has 0 fully saturated rings. The number of rotatable bonds is 9. The first-order chi connectivity index (χ1) is 7.71. The summed E-state index contributed by atoms with van der Waals surface area (Å²) < 4.78 is 36.8. The van der Waals surface area contributed by atoms with Crippen LogP contribution in [-0.4, -0.2) is 52.8 Å². The Balaban J connectivity index is 3.20. The number of sulfonamides is 1. The minimum Gasteiger partial charge on any atom is -0.378 e. The minimum absolute atomic E-state index is 0.0979. The first kappa shape index (κ1) is 16.8. The molecule has 0 saturated carbocycles. The lowest BCUT2D eigenvalue weighted by molar-refractivity contribution is -0.0418. The summed E-state index contributed by atoms with van der Waals surface area (Å²) in [5.41, 5.74) is -0.157. The lowest BCUT2D eigenvalue weighted by Crippen LogP contribution is -2.23. The van der Waals surface area contributed by atoms with Crippen LogP contribution >= 0.6 is 0 Å². The van der Waals surface area contributed by atoms with Crippen molar-refractivity contribution in [2.45, 2.75) is 26.4 Å². The van der Waals surface area contributed by atoms with Gasteiger partial charge in [0.25, 0.3) is 0 Å². The van der Waals surface area contributed by atoms with Gasteiger partial charge < -0.3 is 14.2 Å². The van der Waals surface area contributed by atoms with Gasteiger partial charge in [-0.1, -0.05) is 0 Å². The summed E-state index contributed by atoms with van der Waals surface area (Å²) in [6.45, 7) is 7.82. The molecule has 2 N–H and O–H groups in total. The maximum atomic E-state index is 10.5. The molecule has 0 unspecified atom stereocenters. The van der Waals surface area contributed by atoms with Crippen molar-refractivity contribution in [1.82, 2.24) is 0 Å². The third-order valence-electron chi connectivity index (χ3n) is 1.65. The fourth-order valence-electron chi connectivity index (χ4n) is 0.904. The van der Waals surface area contributed by atoms with Crippen LogP contribution in [0.5, 0.6) is 0 Å². The van der Waals surface area contributed by atoms with Crippen LogP contribution in [0.15, 0.2) is 0 Å². The smallest absolute Gasteiger partial charge is 0.211 e. The molecule has 0 aromatic carbocycles. The highest BCUT2D eigenvalue weighted by molar-refractivity contribution is 7.89. The topological polar surface area (TPSA) is 87.8 Å². The van der Waals surface area contributed by atoms with Crippen LogP contribution in [-0.2, 0) is 24.2 Å². The van der Waals surface area contributed by atoms with Crippen molar-refractivity contribution < 1.29 is 22.6 Å². The minimum atomic E-state index is -3.43. The highest BCUT2D eigenvalue weighted by Gasteiger charge is 2.08. The van der Waals surface area contributed by atoms with Gasteiger partial charge in [-0.15, -0.1) is 0 Å². The Morgan fingerprint density at radius 2 is 1.41 bits per heavy atom. The second-order valence-electron chi connectivity index (χ2n) is 4.55. The van der Waals surface area contributed by atoms with Gasteiger partial charge in [0.05, 0.1) is 44.4 Å². The molecule has 0 aromatic heterocycles. The van der Waals surface area contributed by atoms with E-state index in [1.54, 1.807) is 0 Å². The molecule has 0 spiro atoms. The molecule has 104 valence electrons. The van der Waals surface area contributed by atoms with Crippen molar-refractivity contribution in [2.75, 3.05) is 38.8 Å². The van der Waals surface area contributed by atoms with Gasteiger partial charge in [0, 0.05) is 0 Å². The summed E-state index contributed by atoms with van der Waals surface area (Å²) in [5.74, 6) is -0.167. The van der Waals surface area contributed by atoms with Gasteiger partial charge in [0.2, 0.25) is 10.0 Å². The van der Waals surface area contributed by atoms with E-state index in [0.29, 0.717) is 26.4 Å². The van der Waals surface area contributed by atoms with Crippen LogP contribution in [0.1, 0.15) is 20.8 Å². The summed E-state index contributed by atoms with van der Waals surface area (Å²) in [5, 5.41) is 4.80. The second-order valence-corrected chi connectivity index (χ2v) is 6.29. The molecule has 17 heavy (non-hydrogen) atoms. The largest absolute Gasteiger partial charge is 0.378 e. The van der Waals surface area contributed by atoms with E-state index in [0.717, 1.165) is 0 Å². The molecule has 0 aliphatic carbocycles. The zero-order valence-electron chi connectivity index (χ0n) is 10.8. The molecule has 0 heterocycles. The zero-order chi connectivity index (χ0) is 13.4. The van der Waals surface area contributed by atoms with E-state index in [4.69, 9.17) is 19.3 Å². The van der Waals surface area contributed by atoms with Gasteiger partial charge in [-0.3, -0.25) is 0 Å². The Bertz CT molecular complexity index is 284. The molecule has 0 atom stereocenters. The van der Waals surface area contributed by atoms with Crippen LogP contribution in [0, 0.1) is 0 Å². The maximum absolute atomic E-state index is 10.5. The Morgan fingerprint density at radius 3 is 1.88 bits per heavy atom. The summed E-state index contributed by atoms with van der Waals surface area (Å²) >= 11 is 0. The Morgan fingerprint density at radius 1 is 0.941 bits per heavy atom. The van der Waals surface area contributed by atoms with Crippen molar-refractivity contribution in [3.63, 3.8) is 0 Å². The van der Waals surface area contributed by atoms with Gasteiger partial charge in [-0.25, -0.2) is 13.6 Å². The number of hydrogen-bond donors (Lipinski definition) is 1. The molecule has 0 bridgehead atoms. The first-order valence-corrected chi connectivity index (χ1v) is 7.22. The van der Waals surface area contributed by atoms with Crippen molar-refractivity contribution in [3.05, 3.63) is 0 Å². The molecular weight excluding hydrogens is 246 g/mol. The van der Waals surface area contributed by atoms with E-state index in [-0.39, 0.29) is 18.0 Å². The van der Waals surface area contributed by atoms with Crippen LogP contribution in [0.25, 0.3) is 0 Å². The first-order valence-electron chi connectivity index (χ1n) is 5.51. The molecule has 0 aromatic rings. The summed E-state index contributed by atoms with van der Waals surface area (Å²) in [6, 6.07) is 0. The van der Waals surface area contributed by atoms with Gasteiger partial charge in [-0.05, 0) is 20.8 Å². The molecule has 0 rings (SSSR count). The molecule has 0 aliphatic rings. The highest BCUT2D eigenvalue weighted by Crippen LogP contribution is 2.05. The summed E-state index contributed by atoms with van der Waals surface area (Å²) in [4.78, 5) is 0. The molecule has 7 heteroatoms. The number of ether oxygens (including phenoxy) is 3. The van der Waals surface area contributed by atoms with Crippen LogP contribution in [0.2, 0.25) is 0 Å². The Kier molecular flexibility index (Phi) is 7.89. The van der Waals surface area contributed by atoms with E-state index < -0.39 is 10.0 Å². The quantitative estimate of drug-likeness (QED) is 0.601. The zero-order valence-corrected chi connectivity index (χ0v) is 11.6. The van der Waals surface area contributed by atoms with Crippen LogP contribution in [0.3, 0.4) is 0 Å². The molecule has 0 radical (unpaired) electrons. The van der Waals surface area contributed by atoms with Crippen molar-refractivity contribution in [1.29, 1.82) is 0 Å². The molecule has 6 nitrogen and oxygen atoms in total. The lowest BCUT2D eigenvalue weighted by atomic mass is 10.2. The molecule has 0 amide bonds. The molecular formula is C10H23NO5S. The van der Waals surface area contributed by atoms with E-state index in [1.807, 2.05) is 20.8 Å². The fourth-order valence-corrected chi connectivity index (χ4v) is 1.25. The maximum Gasteiger partial charge on any atom is 0.211 e. The summed E-state index contributed by atoms with van der Waals surface area (Å²) in [7, 11) is -3.43. The van der Waals surface area contributed by atoms with Gasteiger partial charge in [0.15, 0.2) is 0 Å². The van der Waals surface area contributed by atoms with Gasteiger partial charge in [0.1, 0.15) is 0 Å². The lowest BCUT2D eigenvalue weighted by Gasteiger charge is -2.19. The monoisotopic (exact) mass is 269 g/mol. The highest BCUT2D eigenvalue weighted by atomic mass is 32.2. The van der Waals surface area contributed by atoms with E-state index >= 15 is 0 Å². The Labute approximate surface area is 103 Å². The van der Waals surface area contributed by atoms with E-state index in [9.17, 15) is 8.42 Å². The summed E-state index contributed by atoms with van der Waals surface area (Å²) in [6.07, 6.45) is 0. The standard InChI is InChI=1S/C10H23NO5S/c1-10(2,3)16-7-6-14-4-5-15-8-9-17(11,12)13/h4-9H2,1-3H3,(H2,11,12,13). The normalized spacial score (nSPS) is 12.9. The van der Waals surface area contributed by atoms with E-state index in [2.05, 4.69) is 0 Å². The SMILES string of the molecule is CC(C)(C)OCCOCCOCCS(N)(=O)=O. The number of primary sulfonamides is 1. The fraction of sp³-hybridized carbons (Fsp3) is 1.00. The van der Waals surface area contributed by atoms with Crippen LogP contribution < -0.4 is 5.14 Å². The average Bonchev–Trinajstić information content (AvgIpc) is 2.11. The number of hydrogen-bond acceptors (Lipinski definition) is 5. The predicted octanol–water partition coefficient (Wildman–Crippen LogP) is 0.123. The van der Waals surface area contributed by atoms with Crippen molar-refractivity contribution >= 4 is 10.0 Å². The van der Waals surface area contributed by atoms with Gasteiger partial charge >= 0.3 is 0 Å². The molecule has 0 aliphatic heterocycles. The van der Waals surface area contributed by atoms with Crippen molar-refractivity contribution in [2.24, 2.45) is 5.14 Å². The molecule has 0 saturated heterocycles. The second kappa shape index (κ2) is 7.99. The third-order valence-corrected chi connectivity index (χ3v) is 2.38. The van der Waals surface area contributed by atoms with Crippen molar-refractivity contribution in [3.8, 4) is 0 Å². The van der Waals surface area contributed by atoms with Crippen LogP contribution in [0.4, 0.5) is 0 Å².